The van der Waals surface area contributed by atoms with Gasteiger partial charge in [0.05, 0.1) is 0 Å². The van der Waals surface area contributed by atoms with Crippen molar-refractivity contribution in [3.05, 3.63) is 53.2 Å². The van der Waals surface area contributed by atoms with E-state index >= 15 is 0 Å². The number of carbonyl (C=O) groups excluding carboxylic acids is 1. The number of rotatable bonds is 3. The van der Waals surface area contributed by atoms with Crippen LogP contribution in [0.25, 0.3) is 16.7 Å². The average molecular weight is 362 g/mol. The van der Waals surface area contributed by atoms with Gasteiger partial charge in [-0.15, -0.1) is 0 Å². The molecule has 0 atom stereocenters. The summed E-state index contributed by atoms with van der Waals surface area (Å²) in [5.74, 6) is 0.375. The van der Waals surface area contributed by atoms with Gasteiger partial charge in [0.15, 0.2) is 0 Å². The van der Waals surface area contributed by atoms with Crippen LogP contribution in [0.4, 0.5) is 5.69 Å². The first-order valence-electron chi connectivity index (χ1n) is 8.94. The van der Waals surface area contributed by atoms with Crippen LogP contribution in [-0.4, -0.2) is 30.1 Å². The maximum Gasteiger partial charge on any atom is 0.274 e. The molecule has 1 aromatic carbocycles. The van der Waals surface area contributed by atoms with Gasteiger partial charge in [0, 0.05) is 35.0 Å². The van der Waals surface area contributed by atoms with Crippen LogP contribution in [0.5, 0.6) is 0 Å². The molecule has 7 nitrogen and oxygen atoms in total. The van der Waals surface area contributed by atoms with E-state index in [0.717, 1.165) is 22.3 Å². The van der Waals surface area contributed by atoms with Gasteiger partial charge in [-0.05, 0) is 49.6 Å². The second kappa shape index (κ2) is 6.19. The zero-order valence-corrected chi connectivity index (χ0v) is 16.1. The number of nitrogens with zero attached hydrogens (tertiary/aromatic N) is 5. The number of carbonyl (C=O) groups is 1. The number of anilines is 1. The van der Waals surface area contributed by atoms with E-state index < -0.39 is 0 Å². The molecule has 0 radical (unpaired) electrons. The van der Waals surface area contributed by atoms with E-state index in [-0.39, 0.29) is 11.8 Å². The Morgan fingerprint density at radius 1 is 1.19 bits per heavy atom. The third-order valence-corrected chi connectivity index (χ3v) is 5.16. The monoisotopic (exact) mass is 362 g/mol. The lowest BCUT2D eigenvalue weighted by atomic mass is 10.1. The lowest BCUT2D eigenvalue weighted by Gasteiger charge is -2.10. The third-order valence-electron chi connectivity index (χ3n) is 5.16. The van der Waals surface area contributed by atoms with E-state index in [1.165, 1.54) is 22.1 Å². The fourth-order valence-corrected chi connectivity index (χ4v) is 3.32. The van der Waals surface area contributed by atoms with Gasteiger partial charge in [-0.3, -0.25) is 4.79 Å². The van der Waals surface area contributed by atoms with Gasteiger partial charge in [-0.2, -0.15) is 14.6 Å². The number of benzene rings is 1. The molecule has 4 rings (SSSR count). The van der Waals surface area contributed by atoms with Gasteiger partial charge >= 0.3 is 0 Å². The zero-order chi connectivity index (χ0) is 19.3. The van der Waals surface area contributed by atoms with Crippen LogP contribution in [0, 0.1) is 13.8 Å². The van der Waals surface area contributed by atoms with Gasteiger partial charge in [0.1, 0.15) is 12.0 Å². The Labute approximate surface area is 157 Å². The highest BCUT2D eigenvalue weighted by molar-refractivity contribution is 6.04. The van der Waals surface area contributed by atoms with E-state index in [9.17, 15) is 4.79 Å². The molecule has 0 aliphatic rings. The summed E-state index contributed by atoms with van der Waals surface area (Å²) in [6, 6.07) is 7.74. The summed E-state index contributed by atoms with van der Waals surface area (Å²) in [7, 11) is 2.05. The predicted molar refractivity (Wildman–Crippen MR) is 105 cm³/mol. The Kier molecular flexibility index (Phi) is 3.95. The average Bonchev–Trinajstić information content (AvgIpc) is 3.20. The molecule has 0 aliphatic carbocycles. The molecule has 0 aliphatic heterocycles. The van der Waals surface area contributed by atoms with Crippen molar-refractivity contribution in [2.45, 2.75) is 33.6 Å². The SMILES string of the molecule is Cc1c(C)n(C)c2ccc(NC(=O)c3cc(C(C)C)nc4ncnn34)cc12. The van der Waals surface area contributed by atoms with E-state index in [0.29, 0.717) is 11.5 Å². The number of hydrogen-bond donors (Lipinski definition) is 1. The van der Waals surface area contributed by atoms with Crippen molar-refractivity contribution in [1.82, 2.24) is 24.1 Å². The second-order valence-electron chi connectivity index (χ2n) is 7.15. The topological polar surface area (TPSA) is 77.1 Å². The van der Waals surface area contributed by atoms with Crippen LogP contribution in [0.15, 0.2) is 30.6 Å². The van der Waals surface area contributed by atoms with Crippen molar-refractivity contribution in [2.24, 2.45) is 7.05 Å². The van der Waals surface area contributed by atoms with Crippen LogP contribution < -0.4 is 5.32 Å². The molecular formula is C20H22N6O. The fourth-order valence-electron chi connectivity index (χ4n) is 3.32. The lowest BCUT2D eigenvalue weighted by Crippen LogP contribution is -2.18. The molecule has 0 bridgehead atoms. The number of amides is 1. The first-order valence-corrected chi connectivity index (χ1v) is 8.94. The molecule has 0 saturated heterocycles. The van der Waals surface area contributed by atoms with Crippen molar-refractivity contribution in [3.8, 4) is 0 Å². The number of hydrogen-bond acceptors (Lipinski definition) is 4. The first-order chi connectivity index (χ1) is 12.9. The molecule has 1 amide bonds. The molecule has 4 aromatic rings. The van der Waals surface area contributed by atoms with E-state index in [1.54, 1.807) is 6.07 Å². The van der Waals surface area contributed by atoms with Gasteiger partial charge in [-0.25, -0.2) is 4.98 Å². The number of aryl methyl sites for hydroxylation is 2. The van der Waals surface area contributed by atoms with Crippen LogP contribution in [0.2, 0.25) is 0 Å². The quantitative estimate of drug-likeness (QED) is 0.604. The Balaban J connectivity index is 1.74. The smallest absolute Gasteiger partial charge is 0.274 e. The normalized spacial score (nSPS) is 11.6. The predicted octanol–water partition coefficient (Wildman–Crippen LogP) is 3.61. The first kappa shape index (κ1) is 17.2. The lowest BCUT2D eigenvalue weighted by molar-refractivity contribution is 0.101. The van der Waals surface area contributed by atoms with Crippen LogP contribution in [-0.2, 0) is 7.05 Å². The summed E-state index contributed by atoms with van der Waals surface area (Å²) < 4.78 is 3.63. The van der Waals surface area contributed by atoms with E-state index in [4.69, 9.17) is 0 Å². The minimum absolute atomic E-state index is 0.185. The molecule has 3 aromatic heterocycles. The molecular weight excluding hydrogens is 340 g/mol. The summed E-state index contributed by atoms with van der Waals surface area (Å²) in [5, 5.41) is 8.26. The largest absolute Gasteiger partial charge is 0.348 e. The molecule has 138 valence electrons. The van der Waals surface area contributed by atoms with E-state index in [2.05, 4.69) is 45.8 Å². The van der Waals surface area contributed by atoms with E-state index in [1.807, 2.05) is 32.0 Å². The number of aromatic nitrogens is 5. The minimum atomic E-state index is -0.237. The van der Waals surface area contributed by atoms with Crippen molar-refractivity contribution in [1.29, 1.82) is 0 Å². The molecule has 0 unspecified atom stereocenters. The summed E-state index contributed by atoms with van der Waals surface area (Å²) in [5.41, 5.74) is 5.56. The van der Waals surface area contributed by atoms with Crippen molar-refractivity contribution >= 4 is 28.3 Å². The second-order valence-corrected chi connectivity index (χ2v) is 7.15. The van der Waals surface area contributed by atoms with Gasteiger partial charge < -0.3 is 9.88 Å². The molecule has 1 N–H and O–H groups in total. The van der Waals surface area contributed by atoms with Crippen LogP contribution in [0.3, 0.4) is 0 Å². The third kappa shape index (κ3) is 2.75. The Bertz CT molecular complexity index is 1180. The maximum absolute atomic E-state index is 13.0. The van der Waals surface area contributed by atoms with Crippen molar-refractivity contribution in [2.75, 3.05) is 5.32 Å². The van der Waals surface area contributed by atoms with Crippen LogP contribution in [0.1, 0.15) is 47.2 Å². The standard InChI is InChI=1S/C20H22N6O/c1-11(2)16-9-18(26-20(24-16)21-10-22-26)19(27)23-14-6-7-17-15(8-14)12(3)13(4)25(17)5/h6-11H,1-5H3,(H,23,27). The van der Waals surface area contributed by atoms with Gasteiger partial charge in [0.25, 0.3) is 11.7 Å². The minimum Gasteiger partial charge on any atom is -0.348 e. The Morgan fingerprint density at radius 3 is 2.70 bits per heavy atom. The summed E-state index contributed by atoms with van der Waals surface area (Å²) in [4.78, 5) is 21.6. The highest BCUT2D eigenvalue weighted by Crippen LogP contribution is 2.27. The molecule has 3 heterocycles. The van der Waals surface area contributed by atoms with Crippen molar-refractivity contribution < 1.29 is 4.79 Å². The van der Waals surface area contributed by atoms with Gasteiger partial charge in [-0.1, -0.05) is 13.8 Å². The van der Waals surface area contributed by atoms with Crippen molar-refractivity contribution in [3.63, 3.8) is 0 Å². The van der Waals surface area contributed by atoms with Crippen LogP contribution >= 0.6 is 0 Å². The Morgan fingerprint density at radius 2 is 1.96 bits per heavy atom. The molecule has 0 saturated carbocycles. The molecule has 27 heavy (non-hydrogen) atoms. The summed E-state index contributed by atoms with van der Waals surface area (Å²) in [6.07, 6.45) is 1.41. The fraction of sp³-hybridized carbons (Fsp3) is 0.300. The van der Waals surface area contributed by atoms with Gasteiger partial charge in [0.2, 0.25) is 0 Å². The maximum atomic E-state index is 13.0. The molecule has 0 spiro atoms. The molecule has 0 fully saturated rings. The molecule has 7 heteroatoms. The number of fused-ring (bicyclic) bond motifs is 2. The summed E-state index contributed by atoms with van der Waals surface area (Å²) >= 11 is 0. The Hall–Kier alpha value is -3.22. The zero-order valence-electron chi connectivity index (χ0n) is 16.1. The highest BCUT2D eigenvalue weighted by Gasteiger charge is 2.17. The summed E-state index contributed by atoms with van der Waals surface area (Å²) in [6.45, 7) is 8.26. The number of nitrogens with one attached hydrogen (secondary N) is 1. The highest BCUT2D eigenvalue weighted by atomic mass is 16.2.